The predicted molar refractivity (Wildman–Crippen MR) is 26.9 cm³/mol. The summed E-state index contributed by atoms with van der Waals surface area (Å²) in [6.45, 7) is 1.64. The van der Waals surface area contributed by atoms with E-state index in [1.165, 1.54) is 6.07 Å². The summed E-state index contributed by atoms with van der Waals surface area (Å²) in [5.41, 5.74) is 0. The molecule has 0 radical (unpaired) electrons. The van der Waals surface area contributed by atoms with Crippen LogP contribution in [-0.4, -0.2) is 17.0 Å². The molecule has 3 nitrogen and oxygen atoms in total. The molecule has 0 aliphatic carbocycles. The molecule has 0 aromatic heterocycles. The Morgan fingerprint density at radius 2 is 2.50 bits per heavy atom. The second-order valence-corrected chi connectivity index (χ2v) is 1.40. The molecule has 0 saturated carbocycles. The van der Waals surface area contributed by atoms with Gasteiger partial charge in [0.2, 0.25) is 0 Å². The molecule has 44 valence electrons. The highest BCUT2D eigenvalue weighted by molar-refractivity contribution is 5.96. The number of Topliss-reactive ketones (excluding diaryl/α,β-unsaturated/α-hetero) is 1. The highest BCUT2D eigenvalue weighted by Gasteiger charge is 2.09. The fourth-order valence-corrected chi connectivity index (χ4v) is 0.260. The van der Waals surface area contributed by atoms with Gasteiger partial charge in [0, 0.05) is 0 Å². The molecule has 0 aliphatic heterocycles. The second-order valence-electron chi connectivity index (χ2n) is 1.40. The highest BCUT2D eigenvalue weighted by atomic mass is 16.3. The first-order chi connectivity index (χ1) is 3.72. The van der Waals surface area contributed by atoms with Crippen LogP contribution in [0.15, 0.2) is 0 Å². The van der Waals surface area contributed by atoms with Crippen molar-refractivity contribution < 1.29 is 9.90 Å². The number of nitriles is 1. The first-order valence-corrected chi connectivity index (χ1v) is 2.34. The van der Waals surface area contributed by atoms with Gasteiger partial charge in [0.1, 0.15) is 12.2 Å². The Hall–Kier alpha value is -0.880. The normalized spacial score (nSPS) is 12.1. The second kappa shape index (κ2) is 3.16. The average molecular weight is 113 g/mol. The number of aliphatic hydroxyl groups excluding tert-OH is 1. The fraction of sp³-hybridized carbons (Fsp3) is 0.600. The first-order valence-electron chi connectivity index (χ1n) is 2.34. The van der Waals surface area contributed by atoms with Gasteiger partial charge in [0.25, 0.3) is 5.78 Å². The Morgan fingerprint density at radius 3 is 2.62 bits per heavy atom. The monoisotopic (exact) mass is 113 g/mol. The molecular weight excluding hydrogens is 106 g/mol. The third-order valence-electron chi connectivity index (χ3n) is 0.800. The van der Waals surface area contributed by atoms with Gasteiger partial charge in [-0.15, -0.1) is 0 Å². The lowest BCUT2D eigenvalue weighted by molar-refractivity contribution is -0.121. The van der Waals surface area contributed by atoms with E-state index in [1.807, 2.05) is 0 Å². The molecule has 0 saturated heterocycles. The van der Waals surface area contributed by atoms with Crippen molar-refractivity contribution in [2.24, 2.45) is 0 Å². The van der Waals surface area contributed by atoms with Gasteiger partial charge in [-0.05, 0) is 6.42 Å². The number of carbonyl (C=O) groups is 1. The SMILES string of the molecule is CCC(O)C(=O)C#N. The van der Waals surface area contributed by atoms with Crippen molar-refractivity contribution in [3.8, 4) is 6.07 Å². The van der Waals surface area contributed by atoms with E-state index in [1.54, 1.807) is 6.92 Å². The van der Waals surface area contributed by atoms with Crippen molar-refractivity contribution >= 4 is 5.78 Å². The van der Waals surface area contributed by atoms with Crippen LogP contribution in [0.3, 0.4) is 0 Å². The van der Waals surface area contributed by atoms with E-state index >= 15 is 0 Å². The minimum Gasteiger partial charge on any atom is -0.384 e. The van der Waals surface area contributed by atoms with Crippen LogP contribution in [-0.2, 0) is 4.79 Å². The zero-order valence-corrected chi connectivity index (χ0v) is 4.59. The van der Waals surface area contributed by atoms with Crippen LogP contribution < -0.4 is 0 Å². The van der Waals surface area contributed by atoms with E-state index < -0.39 is 11.9 Å². The van der Waals surface area contributed by atoms with Gasteiger partial charge in [0.15, 0.2) is 0 Å². The van der Waals surface area contributed by atoms with Crippen molar-refractivity contribution in [1.82, 2.24) is 0 Å². The smallest absolute Gasteiger partial charge is 0.260 e. The highest BCUT2D eigenvalue weighted by Crippen LogP contribution is 1.88. The fourth-order valence-electron chi connectivity index (χ4n) is 0.260. The summed E-state index contributed by atoms with van der Waals surface area (Å²) in [4.78, 5) is 10.1. The van der Waals surface area contributed by atoms with Gasteiger partial charge in [0.05, 0.1) is 0 Å². The Morgan fingerprint density at radius 1 is 2.00 bits per heavy atom. The molecule has 3 heteroatoms. The summed E-state index contributed by atoms with van der Waals surface area (Å²) < 4.78 is 0. The number of aliphatic hydroxyl groups is 1. The molecule has 0 amide bonds. The third kappa shape index (κ3) is 1.71. The van der Waals surface area contributed by atoms with E-state index in [2.05, 4.69) is 0 Å². The number of carbonyl (C=O) groups excluding carboxylic acids is 1. The van der Waals surface area contributed by atoms with Crippen LogP contribution in [0.2, 0.25) is 0 Å². The van der Waals surface area contributed by atoms with Crippen LogP contribution in [0.1, 0.15) is 13.3 Å². The molecule has 0 heterocycles. The maximum absolute atomic E-state index is 10.1. The number of rotatable bonds is 2. The lowest BCUT2D eigenvalue weighted by atomic mass is 10.2. The lowest BCUT2D eigenvalue weighted by Crippen LogP contribution is -2.16. The van der Waals surface area contributed by atoms with Gasteiger partial charge in [-0.2, -0.15) is 5.26 Å². The Kier molecular flexibility index (Phi) is 2.82. The quantitative estimate of drug-likeness (QED) is 0.506. The summed E-state index contributed by atoms with van der Waals surface area (Å²) in [7, 11) is 0. The molecule has 0 spiro atoms. The topological polar surface area (TPSA) is 61.1 Å². The van der Waals surface area contributed by atoms with Crippen molar-refractivity contribution in [2.75, 3.05) is 0 Å². The number of hydrogen-bond acceptors (Lipinski definition) is 3. The number of ketones is 1. The van der Waals surface area contributed by atoms with Gasteiger partial charge >= 0.3 is 0 Å². The summed E-state index contributed by atoms with van der Waals surface area (Å²) in [5.74, 6) is -0.757. The predicted octanol–water partition coefficient (Wildman–Crippen LogP) is -0.150. The lowest BCUT2D eigenvalue weighted by Gasteiger charge is -1.95. The number of hydrogen-bond donors (Lipinski definition) is 1. The summed E-state index contributed by atoms with van der Waals surface area (Å²) in [5, 5.41) is 16.4. The van der Waals surface area contributed by atoms with E-state index in [0.717, 1.165) is 0 Å². The standard InChI is InChI=1S/C5H7NO2/c1-2-4(7)5(8)3-6/h4,7H,2H2,1H3. The van der Waals surface area contributed by atoms with Crippen LogP contribution in [0.25, 0.3) is 0 Å². The zero-order valence-electron chi connectivity index (χ0n) is 4.59. The maximum atomic E-state index is 10.1. The molecule has 0 aliphatic rings. The summed E-state index contributed by atoms with van der Waals surface area (Å²) >= 11 is 0. The minimum absolute atomic E-state index is 0.312. The zero-order chi connectivity index (χ0) is 6.57. The van der Waals surface area contributed by atoms with Gasteiger partial charge in [-0.3, -0.25) is 4.79 Å². The van der Waals surface area contributed by atoms with Gasteiger partial charge in [-0.25, -0.2) is 0 Å². The third-order valence-corrected chi connectivity index (χ3v) is 0.800. The van der Waals surface area contributed by atoms with Gasteiger partial charge < -0.3 is 5.11 Å². The average Bonchev–Trinajstić information content (AvgIpc) is 1.84. The Labute approximate surface area is 47.5 Å². The van der Waals surface area contributed by atoms with Crippen molar-refractivity contribution in [3.05, 3.63) is 0 Å². The molecule has 0 aromatic carbocycles. The van der Waals surface area contributed by atoms with Gasteiger partial charge in [-0.1, -0.05) is 6.92 Å². The van der Waals surface area contributed by atoms with Crippen molar-refractivity contribution in [2.45, 2.75) is 19.4 Å². The van der Waals surface area contributed by atoms with Crippen LogP contribution in [0.5, 0.6) is 0 Å². The Bertz CT molecular complexity index is 125. The van der Waals surface area contributed by atoms with E-state index in [-0.39, 0.29) is 0 Å². The van der Waals surface area contributed by atoms with Crippen LogP contribution in [0, 0.1) is 11.3 Å². The maximum Gasteiger partial charge on any atom is 0.260 e. The van der Waals surface area contributed by atoms with E-state index in [0.29, 0.717) is 6.42 Å². The molecule has 1 atom stereocenters. The molecule has 0 bridgehead atoms. The molecule has 8 heavy (non-hydrogen) atoms. The summed E-state index contributed by atoms with van der Waals surface area (Å²) in [6, 6.07) is 1.33. The summed E-state index contributed by atoms with van der Waals surface area (Å²) in [6.07, 6.45) is -0.771. The van der Waals surface area contributed by atoms with Crippen molar-refractivity contribution in [1.29, 1.82) is 5.26 Å². The largest absolute Gasteiger partial charge is 0.384 e. The molecule has 0 fully saturated rings. The van der Waals surface area contributed by atoms with Crippen LogP contribution in [0.4, 0.5) is 0 Å². The molecule has 0 aromatic rings. The van der Waals surface area contributed by atoms with Crippen LogP contribution >= 0.6 is 0 Å². The Balaban J connectivity index is 3.68. The van der Waals surface area contributed by atoms with E-state index in [4.69, 9.17) is 10.4 Å². The van der Waals surface area contributed by atoms with E-state index in [9.17, 15) is 4.79 Å². The molecule has 1 N–H and O–H groups in total. The minimum atomic E-state index is -1.08. The molecular formula is C5H7NO2. The first kappa shape index (κ1) is 7.12. The molecule has 0 rings (SSSR count). The number of nitrogens with zero attached hydrogens (tertiary/aromatic N) is 1. The van der Waals surface area contributed by atoms with Crippen molar-refractivity contribution in [3.63, 3.8) is 0 Å². The molecule has 1 unspecified atom stereocenters.